The Bertz CT molecular complexity index is 854. The van der Waals surface area contributed by atoms with Crippen LogP contribution < -0.4 is 20.0 Å². The number of nitrogens with one attached hydrogen (secondary N) is 1. The normalized spacial score (nSPS) is 10.6. The maximum absolute atomic E-state index is 11.9. The molecule has 142 valence electrons. The van der Waals surface area contributed by atoms with Gasteiger partial charge in [-0.05, 0) is 37.3 Å². The SMILES string of the molecule is CCOc1cc(/C=N\NC(=O)COc2ccc(Cl)cc2)cc([N+](=O)[O-])c1[O-]. The third-order valence-corrected chi connectivity index (χ3v) is 3.39. The minimum absolute atomic E-state index is 0.162. The molecule has 2 aromatic rings. The number of ether oxygens (including phenoxy) is 2. The van der Waals surface area contributed by atoms with Crippen molar-refractivity contribution in [2.24, 2.45) is 5.10 Å². The predicted octanol–water partition coefficient (Wildman–Crippen LogP) is 2.25. The first-order valence-corrected chi connectivity index (χ1v) is 8.11. The molecule has 2 rings (SSSR count). The summed E-state index contributed by atoms with van der Waals surface area (Å²) >= 11 is 5.75. The third kappa shape index (κ3) is 5.86. The molecule has 1 amide bonds. The van der Waals surface area contributed by atoms with Gasteiger partial charge in [0.1, 0.15) is 11.5 Å². The molecule has 10 heteroatoms. The number of nitro groups is 1. The summed E-state index contributed by atoms with van der Waals surface area (Å²) in [6.45, 7) is 1.53. The van der Waals surface area contributed by atoms with Crippen molar-refractivity contribution in [3.8, 4) is 17.2 Å². The molecule has 0 bridgehead atoms. The van der Waals surface area contributed by atoms with Gasteiger partial charge < -0.3 is 14.6 Å². The number of hydrazone groups is 1. The van der Waals surface area contributed by atoms with Crippen molar-refractivity contribution < 1.29 is 24.3 Å². The number of nitro benzene ring substituents is 1. The number of rotatable bonds is 8. The van der Waals surface area contributed by atoms with Crippen molar-refractivity contribution >= 4 is 29.4 Å². The van der Waals surface area contributed by atoms with Gasteiger partial charge in [0.25, 0.3) is 11.6 Å². The van der Waals surface area contributed by atoms with Crippen molar-refractivity contribution in [1.82, 2.24) is 5.43 Å². The topological polar surface area (TPSA) is 126 Å². The summed E-state index contributed by atoms with van der Waals surface area (Å²) in [5, 5.41) is 27.1. The van der Waals surface area contributed by atoms with E-state index in [4.69, 9.17) is 21.1 Å². The van der Waals surface area contributed by atoms with Crippen LogP contribution in [0.4, 0.5) is 5.69 Å². The summed E-state index contributed by atoms with van der Waals surface area (Å²) < 4.78 is 10.3. The lowest BCUT2D eigenvalue weighted by molar-refractivity contribution is -0.398. The first-order valence-electron chi connectivity index (χ1n) is 7.73. The molecule has 0 aliphatic carbocycles. The fraction of sp³-hybridized carbons (Fsp3) is 0.176. The van der Waals surface area contributed by atoms with E-state index in [1.54, 1.807) is 31.2 Å². The third-order valence-electron chi connectivity index (χ3n) is 3.14. The molecule has 0 aliphatic rings. The number of amides is 1. The molecular weight excluding hydrogens is 378 g/mol. The van der Waals surface area contributed by atoms with Gasteiger partial charge in [0.05, 0.1) is 17.7 Å². The molecule has 1 N–H and O–H groups in total. The van der Waals surface area contributed by atoms with Gasteiger partial charge >= 0.3 is 0 Å². The van der Waals surface area contributed by atoms with Crippen LogP contribution in [-0.2, 0) is 4.79 Å². The van der Waals surface area contributed by atoms with Gasteiger partial charge in [0.2, 0.25) is 0 Å². The molecule has 0 saturated carbocycles. The Morgan fingerprint density at radius 3 is 2.63 bits per heavy atom. The molecule has 0 saturated heterocycles. The van der Waals surface area contributed by atoms with E-state index < -0.39 is 22.3 Å². The molecule has 0 fully saturated rings. The smallest absolute Gasteiger partial charge is 0.277 e. The summed E-state index contributed by atoms with van der Waals surface area (Å²) in [4.78, 5) is 21.9. The van der Waals surface area contributed by atoms with Crippen molar-refractivity contribution in [3.05, 3.63) is 57.1 Å². The monoisotopic (exact) mass is 392 g/mol. The van der Waals surface area contributed by atoms with E-state index in [-0.39, 0.29) is 24.5 Å². The highest BCUT2D eigenvalue weighted by atomic mass is 35.5. The Kier molecular flexibility index (Phi) is 6.95. The van der Waals surface area contributed by atoms with Crippen molar-refractivity contribution in [3.63, 3.8) is 0 Å². The Balaban J connectivity index is 1.99. The van der Waals surface area contributed by atoms with Gasteiger partial charge in [0.15, 0.2) is 6.61 Å². The number of carbonyl (C=O) groups excluding carboxylic acids is 1. The molecule has 2 aromatic carbocycles. The first-order chi connectivity index (χ1) is 12.9. The van der Waals surface area contributed by atoms with Crippen molar-refractivity contribution in [2.75, 3.05) is 13.2 Å². The highest BCUT2D eigenvalue weighted by Gasteiger charge is 2.13. The van der Waals surface area contributed by atoms with E-state index in [0.717, 1.165) is 12.3 Å². The van der Waals surface area contributed by atoms with Crippen molar-refractivity contribution in [2.45, 2.75) is 6.92 Å². The molecule has 0 heterocycles. The molecule has 0 atom stereocenters. The Morgan fingerprint density at radius 1 is 1.30 bits per heavy atom. The second kappa shape index (κ2) is 9.39. The van der Waals surface area contributed by atoms with E-state index in [1.165, 1.54) is 6.07 Å². The summed E-state index contributed by atoms with van der Waals surface area (Å²) in [6.07, 6.45) is 1.16. The van der Waals surface area contributed by atoms with Crippen molar-refractivity contribution in [1.29, 1.82) is 0 Å². The zero-order chi connectivity index (χ0) is 19.8. The lowest BCUT2D eigenvalue weighted by Crippen LogP contribution is -2.24. The zero-order valence-electron chi connectivity index (χ0n) is 14.2. The molecule has 0 aliphatic heterocycles. The van der Waals surface area contributed by atoms with Crippen LogP contribution in [0.3, 0.4) is 0 Å². The number of nitrogens with zero attached hydrogens (tertiary/aromatic N) is 2. The van der Waals surface area contributed by atoms with Crippen LogP contribution in [0.1, 0.15) is 12.5 Å². The summed E-state index contributed by atoms with van der Waals surface area (Å²) in [6, 6.07) is 8.81. The summed E-state index contributed by atoms with van der Waals surface area (Å²) in [7, 11) is 0. The number of hydrogen-bond acceptors (Lipinski definition) is 7. The first kappa shape index (κ1) is 20.0. The average Bonchev–Trinajstić information content (AvgIpc) is 2.63. The van der Waals surface area contributed by atoms with Crippen LogP contribution in [0.15, 0.2) is 41.5 Å². The standard InChI is InChI=1S/C17H16ClN3O6/c1-2-26-15-8-11(7-14(17(15)23)21(24)25)9-19-20-16(22)10-27-13-5-3-12(18)4-6-13/h3-9,23H,2,10H2,1H3,(H,20,22)/p-1/b19-9-. The second-order valence-corrected chi connectivity index (χ2v) is 5.53. The van der Waals surface area contributed by atoms with Crippen LogP contribution >= 0.6 is 11.6 Å². The Hall–Kier alpha value is -3.33. The number of carbonyl (C=O) groups is 1. The van der Waals surface area contributed by atoms with Gasteiger partial charge in [-0.15, -0.1) is 0 Å². The van der Waals surface area contributed by atoms with E-state index in [9.17, 15) is 20.0 Å². The Labute approximate surface area is 159 Å². The minimum Gasteiger partial charge on any atom is -0.865 e. The largest absolute Gasteiger partial charge is 0.865 e. The van der Waals surface area contributed by atoms with Gasteiger partial charge in [-0.2, -0.15) is 5.10 Å². The number of halogens is 1. The quantitative estimate of drug-likeness (QED) is 0.417. The van der Waals surface area contributed by atoms with Crippen LogP contribution in [0.25, 0.3) is 0 Å². The lowest BCUT2D eigenvalue weighted by Gasteiger charge is -2.14. The van der Waals surface area contributed by atoms with Gasteiger partial charge in [-0.25, -0.2) is 5.43 Å². The van der Waals surface area contributed by atoms with Gasteiger partial charge in [0, 0.05) is 22.4 Å². The molecule has 27 heavy (non-hydrogen) atoms. The van der Waals surface area contributed by atoms with E-state index in [2.05, 4.69) is 10.5 Å². The Morgan fingerprint density at radius 2 is 2.00 bits per heavy atom. The molecule has 0 unspecified atom stereocenters. The van der Waals surface area contributed by atoms with E-state index >= 15 is 0 Å². The van der Waals surface area contributed by atoms with Crippen LogP contribution in [0.2, 0.25) is 5.02 Å². The lowest BCUT2D eigenvalue weighted by atomic mass is 10.2. The molecule has 0 spiro atoms. The van der Waals surface area contributed by atoms with Crippen LogP contribution in [0.5, 0.6) is 17.2 Å². The molecule has 9 nitrogen and oxygen atoms in total. The van der Waals surface area contributed by atoms with E-state index in [0.29, 0.717) is 10.8 Å². The average molecular weight is 393 g/mol. The summed E-state index contributed by atoms with van der Waals surface area (Å²) in [5.74, 6) is -1.06. The van der Waals surface area contributed by atoms with E-state index in [1.807, 2.05) is 0 Å². The fourth-order valence-electron chi connectivity index (χ4n) is 1.97. The maximum Gasteiger partial charge on any atom is 0.277 e. The minimum atomic E-state index is -0.820. The molecule has 0 radical (unpaired) electrons. The fourth-order valence-corrected chi connectivity index (χ4v) is 2.10. The number of hydrogen-bond donors (Lipinski definition) is 1. The summed E-state index contributed by atoms with van der Waals surface area (Å²) in [5.41, 5.74) is 1.80. The number of benzene rings is 2. The van der Waals surface area contributed by atoms with Crippen LogP contribution in [0, 0.1) is 10.1 Å². The molecular formula is C17H15ClN3O6-. The molecule has 0 aromatic heterocycles. The second-order valence-electron chi connectivity index (χ2n) is 5.09. The predicted molar refractivity (Wildman–Crippen MR) is 96.4 cm³/mol. The zero-order valence-corrected chi connectivity index (χ0v) is 14.9. The van der Waals surface area contributed by atoms with Gasteiger partial charge in [-0.3, -0.25) is 14.9 Å². The highest BCUT2D eigenvalue weighted by Crippen LogP contribution is 2.34. The maximum atomic E-state index is 11.9. The highest BCUT2D eigenvalue weighted by molar-refractivity contribution is 6.30. The van der Waals surface area contributed by atoms with Crippen LogP contribution in [-0.4, -0.2) is 30.3 Å². The van der Waals surface area contributed by atoms with Gasteiger partial charge in [-0.1, -0.05) is 11.6 Å².